The van der Waals surface area contributed by atoms with Crippen LogP contribution in [-0.4, -0.2) is 0 Å². The molecule has 16 rings (SSSR count). The largest absolute Gasteiger partial charge is 0.309 e. The van der Waals surface area contributed by atoms with Crippen molar-refractivity contribution in [2.75, 3.05) is 9.80 Å². The number of nitrogens with zero attached hydrogens (tertiary/aromatic N) is 2. The second-order valence-corrected chi connectivity index (χ2v) is 26.3. The molecule has 16 aromatic rings. The highest BCUT2D eigenvalue weighted by Gasteiger charge is 2.26. The second kappa shape index (κ2) is 23.8. The molecule has 0 N–H and O–H groups in total. The van der Waals surface area contributed by atoms with Crippen molar-refractivity contribution in [3.63, 3.8) is 0 Å². The second-order valence-electron chi connectivity index (χ2n) is 24.2. The van der Waals surface area contributed by atoms with Gasteiger partial charge in [-0.1, -0.05) is 255 Å². The van der Waals surface area contributed by atoms with E-state index in [0.717, 1.165) is 33.9 Å². The van der Waals surface area contributed by atoms with Gasteiger partial charge in [-0.3, -0.25) is 0 Å². The van der Waals surface area contributed by atoms with Gasteiger partial charge in [0.25, 0.3) is 0 Å². The first-order chi connectivity index (χ1) is 45.3. The van der Waals surface area contributed by atoms with Gasteiger partial charge >= 0.3 is 0 Å². The van der Waals surface area contributed by atoms with E-state index in [1.807, 2.05) is 22.7 Å². The molecule has 0 aliphatic carbocycles. The van der Waals surface area contributed by atoms with E-state index in [0.29, 0.717) is 0 Å². The third kappa shape index (κ3) is 10.2. The van der Waals surface area contributed by atoms with Crippen LogP contribution in [0.25, 0.3) is 118 Å². The number of anilines is 6. The van der Waals surface area contributed by atoms with Crippen molar-refractivity contribution < 1.29 is 0 Å². The molecule has 92 heavy (non-hydrogen) atoms. The molecular weight excluding hydrogens is 1150 g/mol. The van der Waals surface area contributed by atoms with Gasteiger partial charge in [-0.25, -0.2) is 0 Å². The Hall–Kier alpha value is -10.9. The van der Waals surface area contributed by atoms with Gasteiger partial charge in [0.2, 0.25) is 0 Å². The van der Waals surface area contributed by atoms with Crippen molar-refractivity contribution in [3.8, 4) is 77.9 Å². The van der Waals surface area contributed by atoms with E-state index < -0.39 is 0 Å². The zero-order valence-electron chi connectivity index (χ0n) is 51.7. The van der Waals surface area contributed by atoms with Gasteiger partial charge in [-0.15, -0.1) is 22.7 Å². The molecule has 14 aromatic carbocycles. The number of aryl methyl sites for hydroxylation is 4. The van der Waals surface area contributed by atoms with Crippen LogP contribution in [0.15, 0.2) is 315 Å². The van der Waals surface area contributed by atoms with Gasteiger partial charge in [0, 0.05) is 85.3 Å². The monoisotopic (exact) mass is 1210 g/mol. The highest BCUT2D eigenvalue weighted by molar-refractivity contribution is 7.26. The predicted octanol–water partition coefficient (Wildman–Crippen LogP) is 26.3. The van der Waals surface area contributed by atoms with Crippen LogP contribution in [0.4, 0.5) is 34.1 Å². The maximum absolute atomic E-state index is 2.51. The fraction of sp³-hybridized carbons (Fsp3) is 0.0455. The molecule has 2 heterocycles. The molecule has 438 valence electrons. The minimum atomic E-state index is 1.10. The van der Waals surface area contributed by atoms with Crippen molar-refractivity contribution in [2.45, 2.75) is 27.7 Å². The van der Waals surface area contributed by atoms with Gasteiger partial charge in [-0.2, -0.15) is 0 Å². The first-order valence-electron chi connectivity index (χ1n) is 31.6. The summed E-state index contributed by atoms with van der Waals surface area (Å²) in [7, 11) is 0. The molecule has 0 bridgehead atoms. The molecule has 0 aliphatic heterocycles. The molecule has 0 saturated carbocycles. The maximum atomic E-state index is 2.51. The predicted molar refractivity (Wildman–Crippen MR) is 399 cm³/mol. The summed E-state index contributed by atoms with van der Waals surface area (Å²) in [5.74, 6) is 0. The minimum absolute atomic E-state index is 1.10. The minimum Gasteiger partial charge on any atom is -0.309 e. The fourth-order valence-corrected chi connectivity index (χ4v) is 16.3. The lowest BCUT2D eigenvalue weighted by molar-refractivity contribution is 1.22. The van der Waals surface area contributed by atoms with E-state index in [4.69, 9.17) is 0 Å². The molecule has 0 unspecified atom stereocenters. The Labute approximate surface area is 546 Å². The number of hydrogen-bond donors (Lipinski definition) is 0. The van der Waals surface area contributed by atoms with E-state index >= 15 is 0 Å². The normalized spacial score (nSPS) is 11.5. The van der Waals surface area contributed by atoms with Crippen LogP contribution in [0.2, 0.25) is 0 Å². The van der Waals surface area contributed by atoms with Crippen LogP contribution >= 0.6 is 22.7 Å². The van der Waals surface area contributed by atoms with Gasteiger partial charge in [0.1, 0.15) is 0 Å². The van der Waals surface area contributed by atoms with E-state index in [-0.39, 0.29) is 0 Å². The summed E-state index contributed by atoms with van der Waals surface area (Å²) in [6.07, 6.45) is 0. The molecule has 2 nitrogen and oxygen atoms in total. The van der Waals surface area contributed by atoms with Gasteiger partial charge in [0.15, 0.2) is 0 Å². The lowest BCUT2D eigenvalue weighted by Crippen LogP contribution is -2.14. The molecule has 0 saturated heterocycles. The lowest BCUT2D eigenvalue weighted by atomic mass is 9.94. The topological polar surface area (TPSA) is 6.48 Å². The van der Waals surface area contributed by atoms with Crippen LogP contribution in [0.1, 0.15) is 22.3 Å². The molecule has 0 spiro atoms. The molecular formula is C88H64N2S2. The average Bonchev–Trinajstić information content (AvgIpc) is 1.48. The number of benzene rings is 14. The lowest BCUT2D eigenvalue weighted by Gasteiger charge is -2.32. The molecule has 0 atom stereocenters. The number of para-hydroxylation sites is 2. The molecule has 0 radical (unpaired) electrons. The Morgan fingerprint density at radius 2 is 0.511 bits per heavy atom. The van der Waals surface area contributed by atoms with Crippen LogP contribution in [0, 0.1) is 27.7 Å². The quantitative estimate of drug-likeness (QED) is 0.114. The van der Waals surface area contributed by atoms with Gasteiger partial charge in [-0.05, 0) is 166 Å². The van der Waals surface area contributed by atoms with Crippen molar-refractivity contribution in [1.82, 2.24) is 0 Å². The van der Waals surface area contributed by atoms with Crippen LogP contribution < -0.4 is 9.80 Å². The first-order valence-corrected chi connectivity index (χ1v) is 33.3. The number of fused-ring (bicyclic) bond motifs is 6. The third-order valence-corrected chi connectivity index (χ3v) is 20.9. The summed E-state index contributed by atoms with van der Waals surface area (Å²) in [6.45, 7) is 9.08. The first kappa shape index (κ1) is 56.4. The van der Waals surface area contributed by atoms with Crippen molar-refractivity contribution in [2.24, 2.45) is 0 Å². The van der Waals surface area contributed by atoms with Crippen molar-refractivity contribution in [3.05, 3.63) is 338 Å². The molecule has 0 amide bonds. The summed E-state index contributed by atoms with van der Waals surface area (Å²) in [5, 5.41) is 5.17. The summed E-state index contributed by atoms with van der Waals surface area (Å²) in [5.41, 5.74) is 28.3. The van der Waals surface area contributed by atoms with Crippen LogP contribution in [0.3, 0.4) is 0 Å². The Morgan fingerprint density at radius 1 is 0.217 bits per heavy atom. The van der Waals surface area contributed by atoms with Gasteiger partial charge in [0.05, 0.1) is 11.4 Å². The standard InChI is InChI=1S/C88H64N2S2/c1-57-19-15-27-75(79-31-17-29-77-73-25-11-13-33-83(73)91-87(77)79)85(57)89(71-49-43-67(44-50-71)65-39-35-63(36-40-65)61-21-7-5-8-22-61)81-53-47-69(55-59(81)3)70-48-54-82(60(4)56-70)90(72-51-45-68(46-52-72)66-41-37-64(38-42-66)62-23-9-6-10-24-62)86-58(2)20-16-28-76(86)80-32-18-30-78-74-26-12-14-34-84(74)92-88(78)80/h5-56H,1-4H3. The summed E-state index contributed by atoms with van der Waals surface area (Å²) in [4.78, 5) is 5.02. The zero-order valence-corrected chi connectivity index (χ0v) is 53.4. The van der Waals surface area contributed by atoms with E-state index in [1.54, 1.807) is 0 Å². The summed E-state index contributed by atoms with van der Waals surface area (Å²) < 4.78 is 5.20. The molecule has 0 fully saturated rings. The Kier molecular flexibility index (Phi) is 14.6. The number of hydrogen-bond acceptors (Lipinski definition) is 4. The van der Waals surface area contributed by atoms with E-state index in [1.165, 1.54) is 141 Å². The fourth-order valence-electron chi connectivity index (χ4n) is 13.8. The number of rotatable bonds is 13. The van der Waals surface area contributed by atoms with Crippen LogP contribution in [-0.2, 0) is 0 Å². The number of thiophene rings is 2. The third-order valence-electron chi connectivity index (χ3n) is 18.4. The zero-order chi connectivity index (χ0) is 61.8. The SMILES string of the molecule is Cc1cc(-c2ccc(N(c3ccc(-c4ccc(-c5ccccc5)cc4)cc3)c3c(C)cccc3-c3cccc4c3sc3ccccc34)c(C)c2)ccc1N(c1ccc(-c2ccc(-c3ccccc3)cc2)cc1)c1c(C)cccc1-c1cccc2c1sc1ccccc12. The maximum Gasteiger partial charge on any atom is 0.0569 e. The summed E-state index contributed by atoms with van der Waals surface area (Å²) in [6, 6.07) is 116. The average molecular weight is 1210 g/mol. The Bertz CT molecular complexity index is 5070. The van der Waals surface area contributed by atoms with Crippen LogP contribution in [0.5, 0.6) is 0 Å². The molecule has 2 aromatic heterocycles. The van der Waals surface area contributed by atoms with E-state index in [2.05, 4.69) is 353 Å². The smallest absolute Gasteiger partial charge is 0.0569 e. The van der Waals surface area contributed by atoms with Crippen molar-refractivity contribution >= 4 is 97.1 Å². The Balaban J connectivity index is 0.802. The van der Waals surface area contributed by atoms with Gasteiger partial charge < -0.3 is 9.80 Å². The highest BCUT2D eigenvalue weighted by atomic mass is 32.1. The van der Waals surface area contributed by atoms with E-state index in [9.17, 15) is 0 Å². The molecule has 4 heteroatoms. The summed E-state index contributed by atoms with van der Waals surface area (Å²) >= 11 is 3.77. The Morgan fingerprint density at radius 3 is 0.880 bits per heavy atom. The van der Waals surface area contributed by atoms with Crippen molar-refractivity contribution in [1.29, 1.82) is 0 Å². The molecule has 0 aliphatic rings. The highest BCUT2D eigenvalue weighted by Crippen LogP contribution is 2.51.